The molecule has 0 aromatic carbocycles. The van der Waals surface area contributed by atoms with E-state index in [0.29, 0.717) is 19.0 Å². The Bertz CT molecular complexity index is 737. The molecule has 6 aliphatic rings. The number of unbranched alkanes of at least 4 members (excludes halogenated alkanes) is 1. The molecule has 4 aliphatic carbocycles. The summed E-state index contributed by atoms with van der Waals surface area (Å²) in [6.45, 7) is 4.99. The minimum atomic E-state index is -0.273. The fraction of sp³-hybridized carbons (Fsp3) is 0.889. The highest BCUT2D eigenvalue weighted by molar-refractivity contribution is 5.91. The molecule has 4 saturated carbocycles. The van der Waals surface area contributed by atoms with Gasteiger partial charge in [-0.2, -0.15) is 0 Å². The molecule has 3 amide bonds. The van der Waals surface area contributed by atoms with Gasteiger partial charge in [0.25, 0.3) is 0 Å². The Morgan fingerprint density at radius 3 is 2.09 bits per heavy atom. The smallest absolute Gasteiger partial charge is 0.245 e. The maximum absolute atomic E-state index is 13.9. The molecule has 0 aromatic heterocycles. The average Bonchev–Trinajstić information content (AvgIpc) is 3.30. The number of amides is 3. The van der Waals surface area contributed by atoms with Crippen molar-refractivity contribution in [3.05, 3.63) is 0 Å². The van der Waals surface area contributed by atoms with Crippen molar-refractivity contribution in [3.8, 4) is 0 Å². The molecule has 0 N–H and O–H groups in total. The molecule has 33 heavy (non-hydrogen) atoms. The summed E-state index contributed by atoms with van der Waals surface area (Å²) < 4.78 is 0. The van der Waals surface area contributed by atoms with Gasteiger partial charge in [-0.3, -0.25) is 14.4 Å². The van der Waals surface area contributed by atoms with Crippen molar-refractivity contribution in [2.45, 2.75) is 90.0 Å². The molecule has 2 saturated heterocycles. The second-order valence-corrected chi connectivity index (χ2v) is 12.1. The number of carbonyl (C=O) groups excluding carboxylic acids is 3. The Hall–Kier alpha value is -1.59. The number of piperidine rings is 1. The molecule has 184 valence electrons. The fourth-order valence-corrected chi connectivity index (χ4v) is 8.32. The van der Waals surface area contributed by atoms with Gasteiger partial charge >= 0.3 is 0 Å². The molecule has 4 bridgehead atoms. The minimum absolute atomic E-state index is 0.0317. The summed E-state index contributed by atoms with van der Waals surface area (Å²) in [5, 5.41) is 0. The van der Waals surface area contributed by atoms with Gasteiger partial charge in [-0.25, -0.2) is 0 Å². The summed E-state index contributed by atoms with van der Waals surface area (Å²) in [7, 11) is 1.90. The monoisotopic (exact) mass is 457 g/mol. The molecule has 1 atom stereocenters. The highest BCUT2D eigenvalue weighted by Gasteiger charge is 2.57. The van der Waals surface area contributed by atoms with Crippen LogP contribution in [-0.4, -0.2) is 71.7 Å². The van der Waals surface area contributed by atoms with Crippen LogP contribution in [0.15, 0.2) is 0 Å². The van der Waals surface area contributed by atoms with Crippen LogP contribution >= 0.6 is 0 Å². The number of nitrogens with zero attached hydrogens (tertiary/aromatic N) is 3. The van der Waals surface area contributed by atoms with E-state index in [1.54, 1.807) is 0 Å². The lowest BCUT2D eigenvalue weighted by molar-refractivity contribution is -0.162. The normalized spacial score (nSPS) is 35.8. The summed E-state index contributed by atoms with van der Waals surface area (Å²) in [6, 6.07) is -0.273. The SMILES string of the molecule is CCCCN(C)C(=O)C1CCN(C(=O)C2CCCN2C(=O)C23CC4CC(CC(C4)C2)C3)CC1. The predicted octanol–water partition coefficient (Wildman–Crippen LogP) is 3.69. The maximum Gasteiger partial charge on any atom is 0.245 e. The molecule has 0 spiro atoms. The fourth-order valence-electron chi connectivity index (χ4n) is 8.32. The largest absolute Gasteiger partial charge is 0.346 e. The van der Waals surface area contributed by atoms with Gasteiger partial charge in [0.1, 0.15) is 6.04 Å². The molecule has 6 nitrogen and oxygen atoms in total. The number of likely N-dealkylation sites (tertiary alicyclic amines) is 2. The van der Waals surface area contributed by atoms with Crippen LogP contribution in [0, 0.1) is 29.1 Å². The van der Waals surface area contributed by atoms with Crippen molar-refractivity contribution in [2.24, 2.45) is 29.1 Å². The van der Waals surface area contributed by atoms with Crippen LogP contribution in [0.5, 0.6) is 0 Å². The lowest BCUT2D eigenvalue weighted by Gasteiger charge is -2.56. The number of hydrogen-bond donors (Lipinski definition) is 0. The van der Waals surface area contributed by atoms with Crippen LogP contribution in [-0.2, 0) is 14.4 Å². The van der Waals surface area contributed by atoms with Crippen LogP contribution in [0.1, 0.15) is 84.0 Å². The third kappa shape index (κ3) is 4.32. The van der Waals surface area contributed by atoms with Gasteiger partial charge in [-0.1, -0.05) is 13.3 Å². The van der Waals surface area contributed by atoms with Gasteiger partial charge in [-0.05, 0) is 88.4 Å². The van der Waals surface area contributed by atoms with Gasteiger partial charge in [0.2, 0.25) is 17.7 Å². The first-order valence-electron chi connectivity index (χ1n) is 13.7. The second kappa shape index (κ2) is 9.22. The van der Waals surface area contributed by atoms with Crippen LogP contribution in [0.25, 0.3) is 0 Å². The first-order chi connectivity index (χ1) is 15.9. The zero-order valence-electron chi connectivity index (χ0n) is 20.8. The number of hydrogen-bond acceptors (Lipinski definition) is 3. The molecule has 2 heterocycles. The molecule has 2 aliphatic heterocycles. The zero-order valence-corrected chi connectivity index (χ0v) is 20.8. The highest BCUT2D eigenvalue weighted by atomic mass is 16.2. The summed E-state index contributed by atoms with van der Waals surface area (Å²) in [6.07, 6.45) is 12.5. The summed E-state index contributed by atoms with van der Waals surface area (Å²) >= 11 is 0. The van der Waals surface area contributed by atoms with E-state index in [1.165, 1.54) is 19.3 Å². The van der Waals surface area contributed by atoms with Gasteiger partial charge in [-0.15, -0.1) is 0 Å². The molecule has 6 rings (SSSR count). The van der Waals surface area contributed by atoms with Crippen LogP contribution in [0.2, 0.25) is 0 Å². The molecule has 6 heteroatoms. The van der Waals surface area contributed by atoms with E-state index in [0.717, 1.165) is 88.6 Å². The average molecular weight is 458 g/mol. The third-order valence-corrected chi connectivity index (χ3v) is 9.67. The molecular formula is C27H43N3O3. The number of carbonyl (C=O) groups is 3. The lowest BCUT2D eigenvalue weighted by atomic mass is 9.49. The Balaban J connectivity index is 1.19. The Morgan fingerprint density at radius 2 is 1.52 bits per heavy atom. The Kier molecular flexibility index (Phi) is 6.47. The quantitative estimate of drug-likeness (QED) is 0.611. The predicted molar refractivity (Wildman–Crippen MR) is 127 cm³/mol. The van der Waals surface area contributed by atoms with Gasteiger partial charge in [0.15, 0.2) is 0 Å². The van der Waals surface area contributed by atoms with Crippen molar-refractivity contribution in [3.63, 3.8) is 0 Å². The lowest BCUT2D eigenvalue weighted by Crippen LogP contribution is -2.58. The van der Waals surface area contributed by atoms with Crippen LogP contribution in [0.3, 0.4) is 0 Å². The van der Waals surface area contributed by atoms with Crippen molar-refractivity contribution >= 4 is 17.7 Å². The number of rotatable bonds is 6. The molecule has 0 aromatic rings. The Morgan fingerprint density at radius 1 is 0.909 bits per heavy atom. The van der Waals surface area contributed by atoms with E-state index in [9.17, 15) is 14.4 Å². The molecule has 6 fully saturated rings. The van der Waals surface area contributed by atoms with Crippen molar-refractivity contribution < 1.29 is 14.4 Å². The van der Waals surface area contributed by atoms with E-state index < -0.39 is 0 Å². The maximum atomic E-state index is 13.9. The first kappa shape index (κ1) is 23.2. The van der Waals surface area contributed by atoms with Crippen molar-refractivity contribution in [2.75, 3.05) is 33.2 Å². The molecular weight excluding hydrogens is 414 g/mol. The van der Waals surface area contributed by atoms with Gasteiger partial charge in [0.05, 0.1) is 5.41 Å². The van der Waals surface area contributed by atoms with Gasteiger partial charge in [0, 0.05) is 39.1 Å². The van der Waals surface area contributed by atoms with Crippen LogP contribution in [0.4, 0.5) is 0 Å². The summed E-state index contributed by atoms with van der Waals surface area (Å²) in [4.78, 5) is 46.0. The highest BCUT2D eigenvalue weighted by Crippen LogP contribution is 2.60. The van der Waals surface area contributed by atoms with Crippen LogP contribution < -0.4 is 0 Å². The molecule has 0 radical (unpaired) electrons. The zero-order chi connectivity index (χ0) is 23.2. The van der Waals surface area contributed by atoms with Crippen molar-refractivity contribution in [1.82, 2.24) is 14.7 Å². The summed E-state index contributed by atoms with van der Waals surface area (Å²) in [5.74, 6) is 2.92. The van der Waals surface area contributed by atoms with Crippen molar-refractivity contribution in [1.29, 1.82) is 0 Å². The standard InChI is InChI=1S/C27H43N3O3/c1-3-4-9-28(2)24(31)22-7-11-29(12-8-22)25(32)23-6-5-10-30(23)26(33)27-16-19-13-20(17-27)15-21(14-19)18-27/h19-23H,3-18H2,1-2H3. The van der Waals surface area contributed by atoms with E-state index in [1.807, 2.05) is 21.7 Å². The summed E-state index contributed by atoms with van der Waals surface area (Å²) in [5.41, 5.74) is -0.167. The minimum Gasteiger partial charge on any atom is -0.346 e. The third-order valence-electron chi connectivity index (χ3n) is 9.67. The van der Waals surface area contributed by atoms with E-state index in [4.69, 9.17) is 0 Å². The first-order valence-corrected chi connectivity index (χ1v) is 13.7. The Labute approximate surface area is 199 Å². The van der Waals surface area contributed by atoms with E-state index >= 15 is 0 Å². The molecule has 1 unspecified atom stereocenters. The topological polar surface area (TPSA) is 60.9 Å². The van der Waals surface area contributed by atoms with E-state index in [2.05, 4.69) is 6.92 Å². The van der Waals surface area contributed by atoms with E-state index in [-0.39, 0.29) is 29.2 Å². The van der Waals surface area contributed by atoms with Gasteiger partial charge < -0.3 is 14.7 Å². The second-order valence-electron chi connectivity index (χ2n) is 12.1.